The Morgan fingerprint density at radius 3 is 2.58 bits per heavy atom. The highest BCUT2D eigenvalue weighted by Gasteiger charge is 2.28. The molecular formula is C26H30F3N5O2. The number of fused-ring (bicyclic) bond motifs is 1. The first-order valence-corrected chi connectivity index (χ1v) is 11.8. The predicted molar refractivity (Wildman–Crippen MR) is 132 cm³/mol. The molecule has 0 N–H and O–H groups in total. The maximum Gasteiger partial charge on any atom is 0.266 e. The number of carbonyl (C=O) groups is 1. The van der Waals surface area contributed by atoms with Crippen LogP contribution < -0.4 is 15.1 Å². The third-order valence-electron chi connectivity index (χ3n) is 6.71. The largest absolute Gasteiger partial charge is 0.495 e. The van der Waals surface area contributed by atoms with E-state index >= 15 is 0 Å². The third-order valence-corrected chi connectivity index (χ3v) is 6.71. The third kappa shape index (κ3) is 4.76. The summed E-state index contributed by atoms with van der Waals surface area (Å²) in [5, 5.41) is 0.717. The van der Waals surface area contributed by atoms with Crippen LogP contribution in [0.2, 0.25) is 0 Å². The van der Waals surface area contributed by atoms with Gasteiger partial charge in [0.1, 0.15) is 11.6 Å². The van der Waals surface area contributed by atoms with Gasteiger partial charge in [-0.15, -0.1) is 0 Å². The molecule has 1 saturated heterocycles. The second-order valence-electron chi connectivity index (χ2n) is 9.08. The number of benzene rings is 2. The number of rotatable bonds is 5. The number of piperazine rings is 1. The summed E-state index contributed by atoms with van der Waals surface area (Å²) < 4.78 is 48.8. The Balaban J connectivity index is 1.83. The fraction of sp³-hybridized carbons (Fsp3) is 0.423. The molecule has 10 heteroatoms. The van der Waals surface area contributed by atoms with Crippen molar-refractivity contribution in [2.45, 2.75) is 39.3 Å². The Hall–Kier alpha value is -3.56. The van der Waals surface area contributed by atoms with Crippen molar-refractivity contribution in [3.8, 4) is 5.75 Å². The summed E-state index contributed by atoms with van der Waals surface area (Å²) in [5.41, 5.74) is 1.45. The predicted octanol–water partition coefficient (Wildman–Crippen LogP) is 4.38. The summed E-state index contributed by atoms with van der Waals surface area (Å²) in [6.07, 6.45) is -1.31. The number of amides is 1. The van der Waals surface area contributed by atoms with Gasteiger partial charge < -0.3 is 19.1 Å². The van der Waals surface area contributed by atoms with E-state index in [0.717, 1.165) is 17.3 Å². The summed E-state index contributed by atoms with van der Waals surface area (Å²) in [7, 11) is 3.45. The molecule has 1 amide bonds. The molecule has 1 aliphatic rings. The summed E-state index contributed by atoms with van der Waals surface area (Å²) in [4.78, 5) is 25.0. The van der Waals surface area contributed by atoms with Crippen molar-refractivity contribution >= 4 is 22.5 Å². The van der Waals surface area contributed by atoms with Crippen LogP contribution in [0.15, 0.2) is 41.7 Å². The van der Waals surface area contributed by atoms with Gasteiger partial charge in [-0.05, 0) is 19.9 Å². The van der Waals surface area contributed by atoms with Crippen molar-refractivity contribution in [3.05, 3.63) is 59.1 Å². The van der Waals surface area contributed by atoms with E-state index in [1.165, 1.54) is 12.1 Å². The van der Waals surface area contributed by atoms with E-state index < -0.39 is 23.8 Å². The number of anilines is 1. The van der Waals surface area contributed by atoms with Crippen molar-refractivity contribution in [1.29, 1.82) is 0 Å². The lowest BCUT2D eigenvalue weighted by Crippen LogP contribution is -2.53. The van der Waals surface area contributed by atoms with Crippen LogP contribution in [0.25, 0.3) is 10.9 Å². The first-order chi connectivity index (χ1) is 17.1. The van der Waals surface area contributed by atoms with Gasteiger partial charge in [-0.2, -0.15) is 0 Å². The van der Waals surface area contributed by atoms with Crippen molar-refractivity contribution in [2.24, 2.45) is 12.0 Å². The number of aromatic nitrogens is 2. The SMILES string of the molecule is COc1cc2c(cc1N1CCN(C(C)=O)C[C@@H]1C)/c(=N/[C@H](C)c1cccc(C(F)F)c1F)ncn2C. The van der Waals surface area contributed by atoms with Crippen molar-refractivity contribution < 1.29 is 22.7 Å². The second-order valence-corrected chi connectivity index (χ2v) is 9.08. The minimum Gasteiger partial charge on any atom is -0.495 e. The van der Waals surface area contributed by atoms with E-state index in [-0.39, 0.29) is 17.5 Å². The summed E-state index contributed by atoms with van der Waals surface area (Å²) in [6.45, 7) is 7.08. The van der Waals surface area contributed by atoms with Crippen LogP contribution in [0.3, 0.4) is 0 Å². The molecule has 2 heterocycles. The molecule has 2 atom stereocenters. The minimum atomic E-state index is -2.91. The number of nitrogens with zero attached hydrogens (tertiary/aromatic N) is 5. The van der Waals surface area contributed by atoms with Gasteiger partial charge in [-0.3, -0.25) is 9.79 Å². The molecule has 0 spiro atoms. The van der Waals surface area contributed by atoms with E-state index in [4.69, 9.17) is 4.74 Å². The van der Waals surface area contributed by atoms with Crippen molar-refractivity contribution in [1.82, 2.24) is 14.5 Å². The molecule has 1 fully saturated rings. The van der Waals surface area contributed by atoms with E-state index in [2.05, 4.69) is 14.9 Å². The van der Waals surface area contributed by atoms with Gasteiger partial charge in [0.2, 0.25) is 5.91 Å². The smallest absolute Gasteiger partial charge is 0.266 e. The molecule has 0 unspecified atom stereocenters. The Bertz CT molecular complexity index is 1360. The lowest BCUT2D eigenvalue weighted by atomic mass is 10.0. The summed E-state index contributed by atoms with van der Waals surface area (Å²) >= 11 is 0. The Labute approximate surface area is 207 Å². The zero-order chi connectivity index (χ0) is 26.1. The highest BCUT2D eigenvalue weighted by Crippen LogP contribution is 2.34. The Morgan fingerprint density at radius 2 is 1.94 bits per heavy atom. The van der Waals surface area contributed by atoms with Crippen molar-refractivity contribution in [2.75, 3.05) is 31.6 Å². The topological polar surface area (TPSA) is 63.0 Å². The molecule has 2 aromatic carbocycles. The number of hydrogen-bond acceptors (Lipinski definition) is 5. The lowest BCUT2D eigenvalue weighted by molar-refractivity contribution is -0.129. The quantitative estimate of drug-likeness (QED) is 0.521. The Morgan fingerprint density at radius 1 is 1.22 bits per heavy atom. The van der Waals surface area contributed by atoms with Crippen LogP contribution in [0, 0.1) is 5.82 Å². The summed E-state index contributed by atoms with van der Waals surface area (Å²) in [6, 6.07) is 7.11. The maximum atomic E-state index is 14.8. The van der Waals surface area contributed by atoms with Crippen LogP contribution in [0.5, 0.6) is 5.75 Å². The number of methoxy groups -OCH3 is 1. The number of halogens is 3. The van der Waals surface area contributed by atoms with Crippen molar-refractivity contribution in [3.63, 3.8) is 0 Å². The Kier molecular flexibility index (Phi) is 7.23. The average molecular weight is 502 g/mol. The van der Waals surface area contributed by atoms with Crippen LogP contribution in [-0.2, 0) is 11.8 Å². The molecule has 7 nitrogen and oxygen atoms in total. The standard InChI is InChI=1S/C26H30F3N5O2/c1-15-13-33(17(3)35)9-10-34(15)22-11-20-21(12-23(22)36-5)32(4)14-30-26(20)31-16(2)18-7-6-8-19(24(18)27)25(28)29/h6-8,11-12,14-16,25H,9-10,13H2,1-5H3/b31-26-/t15-,16+/m0/s1. The minimum absolute atomic E-state index is 0.0430. The highest BCUT2D eigenvalue weighted by atomic mass is 19.3. The normalized spacial score (nSPS) is 17.7. The van der Waals surface area contributed by atoms with Crippen LogP contribution in [0.1, 0.15) is 44.4 Å². The van der Waals surface area contributed by atoms with Gasteiger partial charge in [0.15, 0.2) is 5.49 Å². The molecule has 1 aliphatic heterocycles. The molecule has 4 rings (SSSR count). The molecular weight excluding hydrogens is 471 g/mol. The molecule has 36 heavy (non-hydrogen) atoms. The van der Waals surface area contributed by atoms with Gasteiger partial charge in [0.25, 0.3) is 6.43 Å². The van der Waals surface area contributed by atoms with Crippen LogP contribution in [-0.4, -0.2) is 53.1 Å². The average Bonchev–Trinajstić information content (AvgIpc) is 2.84. The van der Waals surface area contributed by atoms with E-state index in [0.29, 0.717) is 36.3 Å². The first-order valence-electron chi connectivity index (χ1n) is 11.8. The van der Waals surface area contributed by atoms with Gasteiger partial charge >= 0.3 is 0 Å². The number of alkyl halides is 2. The number of hydrogen-bond donors (Lipinski definition) is 0. The molecule has 0 aliphatic carbocycles. The monoisotopic (exact) mass is 501 g/mol. The molecule has 1 aromatic heterocycles. The molecule has 0 radical (unpaired) electrons. The van der Waals surface area contributed by atoms with Gasteiger partial charge in [-0.25, -0.2) is 18.2 Å². The van der Waals surface area contributed by atoms with Crippen LogP contribution in [0.4, 0.5) is 18.9 Å². The highest BCUT2D eigenvalue weighted by molar-refractivity contribution is 5.86. The van der Waals surface area contributed by atoms with E-state index in [1.807, 2.05) is 35.6 Å². The molecule has 192 valence electrons. The zero-order valence-corrected chi connectivity index (χ0v) is 21.0. The zero-order valence-electron chi connectivity index (χ0n) is 21.0. The fourth-order valence-corrected chi connectivity index (χ4v) is 4.71. The lowest BCUT2D eigenvalue weighted by Gasteiger charge is -2.41. The number of aryl methyl sites for hydroxylation is 1. The van der Waals surface area contributed by atoms with Gasteiger partial charge in [0.05, 0.1) is 36.2 Å². The number of ether oxygens (including phenoxy) is 1. The summed E-state index contributed by atoms with van der Waals surface area (Å²) in [5.74, 6) is -0.238. The van der Waals surface area contributed by atoms with E-state index in [9.17, 15) is 18.0 Å². The molecule has 0 saturated carbocycles. The van der Waals surface area contributed by atoms with Gasteiger partial charge in [-0.1, -0.05) is 18.2 Å². The molecule has 0 bridgehead atoms. The van der Waals surface area contributed by atoms with Crippen LogP contribution >= 0.6 is 0 Å². The molecule has 3 aromatic rings. The number of carbonyl (C=O) groups excluding carboxylic acids is 1. The second kappa shape index (κ2) is 10.2. The maximum absolute atomic E-state index is 14.8. The first kappa shape index (κ1) is 25.5. The van der Waals surface area contributed by atoms with Gasteiger partial charge in [0, 0.05) is 56.7 Å². The van der Waals surface area contributed by atoms with E-state index in [1.54, 1.807) is 27.3 Å². The fourth-order valence-electron chi connectivity index (χ4n) is 4.71.